The van der Waals surface area contributed by atoms with Crippen LogP contribution in [0, 0.1) is 14.9 Å². The topological polar surface area (TPSA) is 119 Å². The first-order chi connectivity index (χ1) is 12.0. The van der Waals surface area contributed by atoms with Crippen LogP contribution in [0.5, 0.6) is 11.8 Å². The fourth-order valence-electron chi connectivity index (χ4n) is 4.04. The number of fused-ring (bicyclic) bond motifs is 5. The zero-order valence-electron chi connectivity index (χ0n) is 13.7. The molecule has 1 aromatic carbocycles. The highest BCUT2D eigenvalue weighted by Gasteiger charge is 2.77. The van der Waals surface area contributed by atoms with Gasteiger partial charge in [0.1, 0.15) is 11.7 Å². The van der Waals surface area contributed by atoms with Gasteiger partial charge in [-0.3, -0.25) is 4.57 Å². The average molecular weight is 472 g/mol. The minimum atomic E-state index is -2.87. The molecule has 0 spiro atoms. The van der Waals surface area contributed by atoms with E-state index in [1.165, 1.54) is 26.0 Å². The SMILES string of the molecule is C[C@]12O[C@](C)(c3c1c(O)n(-c1ccc(C#N)c(I)c1)c3O)[C@H](F)C2(O)O. The Morgan fingerprint density at radius 2 is 1.85 bits per heavy atom. The highest BCUT2D eigenvalue weighted by atomic mass is 127. The van der Waals surface area contributed by atoms with Crippen molar-refractivity contribution in [3.8, 4) is 23.5 Å². The van der Waals surface area contributed by atoms with Gasteiger partial charge in [0, 0.05) is 3.57 Å². The highest BCUT2D eigenvalue weighted by Crippen LogP contribution is 2.67. The van der Waals surface area contributed by atoms with E-state index in [1.807, 2.05) is 28.7 Å². The van der Waals surface area contributed by atoms with Crippen molar-refractivity contribution in [3.05, 3.63) is 38.5 Å². The van der Waals surface area contributed by atoms with Crippen molar-refractivity contribution in [2.45, 2.75) is 37.0 Å². The second-order valence-corrected chi connectivity index (χ2v) is 8.00. The fraction of sp³-hybridized carbons (Fsp3) is 0.353. The van der Waals surface area contributed by atoms with Crippen LogP contribution in [0.4, 0.5) is 4.39 Å². The van der Waals surface area contributed by atoms with Crippen LogP contribution in [-0.4, -0.2) is 37.0 Å². The maximum Gasteiger partial charge on any atom is 0.232 e. The van der Waals surface area contributed by atoms with E-state index in [2.05, 4.69) is 0 Å². The molecule has 4 N–H and O–H groups in total. The molecule has 0 aliphatic carbocycles. The van der Waals surface area contributed by atoms with Gasteiger partial charge in [-0.1, -0.05) is 0 Å². The van der Waals surface area contributed by atoms with Crippen LogP contribution >= 0.6 is 22.6 Å². The molecule has 26 heavy (non-hydrogen) atoms. The quantitative estimate of drug-likeness (QED) is 0.372. The van der Waals surface area contributed by atoms with E-state index in [0.29, 0.717) is 14.8 Å². The molecule has 3 atom stereocenters. The van der Waals surface area contributed by atoms with Crippen molar-refractivity contribution in [2.24, 2.45) is 0 Å². The summed E-state index contributed by atoms with van der Waals surface area (Å²) in [5, 5.41) is 51.0. The van der Waals surface area contributed by atoms with E-state index in [4.69, 9.17) is 10.00 Å². The third-order valence-electron chi connectivity index (χ3n) is 5.38. The Morgan fingerprint density at radius 1 is 1.23 bits per heavy atom. The number of rotatable bonds is 1. The zero-order chi connectivity index (χ0) is 19.2. The second kappa shape index (κ2) is 4.89. The number of hydrogen-bond acceptors (Lipinski definition) is 6. The smallest absolute Gasteiger partial charge is 0.232 e. The average Bonchev–Trinajstić information content (AvgIpc) is 3.04. The summed E-state index contributed by atoms with van der Waals surface area (Å²) in [4.78, 5) is 0. The molecule has 1 fully saturated rings. The van der Waals surface area contributed by atoms with Crippen LogP contribution in [-0.2, 0) is 15.9 Å². The molecule has 4 rings (SSSR count). The molecule has 1 saturated heterocycles. The monoisotopic (exact) mass is 472 g/mol. The van der Waals surface area contributed by atoms with E-state index >= 15 is 0 Å². The van der Waals surface area contributed by atoms with E-state index in [0.717, 1.165) is 4.57 Å². The van der Waals surface area contributed by atoms with Gasteiger partial charge < -0.3 is 25.2 Å². The van der Waals surface area contributed by atoms with Gasteiger partial charge in [0.15, 0.2) is 11.8 Å². The number of hydrogen-bond donors (Lipinski definition) is 4. The minimum absolute atomic E-state index is 0.0249. The lowest BCUT2D eigenvalue weighted by Crippen LogP contribution is -2.55. The normalized spacial score (nSPS) is 31.0. The van der Waals surface area contributed by atoms with Crippen LogP contribution in [0.15, 0.2) is 18.2 Å². The molecule has 136 valence electrons. The number of benzene rings is 1. The van der Waals surface area contributed by atoms with Gasteiger partial charge >= 0.3 is 0 Å². The van der Waals surface area contributed by atoms with Crippen LogP contribution < -0.4 is 0 Å². The number of nitriles is 1. The molecular formula is C17H14FIN2O5. The van der Waals surface area contributed by atoms with Crippen molar-refractivity contribution in [3.63, 3.8) is 0 Å². The molecule has 0 saturated carbocycles. The Bertz CT molecular complexity index is 1010. The minimum Gasteiger partial charge on any atom is -0.494 e. The van der Waals surface area contributed by atoms with Crippen LogP contribution in [0.1, 0.15) is 30.5 Å². The first kappa shape index (κ1) is 17.5. The Balaban J connectivity index is 2.02. The summed E-state index contributed by atoms with van der Waals surface area (Å²) in [6, 6.07) is 6.62. The Labute approximate surface area is 161 Å². The number of nitrogens with zero attached hydrogens (tertiary/aromatic N) is 2. The van der Waals surface area contributed by atoms with E-state index in [-0.39, 0.29) is 11.1 Å². The van der Waals surface area contributed by atoms with Crippen LogP contribution in [0.2, 0.25) is 0 Å². The van der Waals surface area contributed by atoms with Gasteiger partial charge in [-0.25, -0.2) is 4.39 Å². The van der Waals surface area contributed by atoms with Crippen LogP contribution in [0.25, 0.3) is 5.69 Å². The summed E-state index contributed by atoms with van der Waals surface area (Å²) in [7, 11) is 0. The maximum atomic E-state index is 14.7. The number of aliphatic hydroxyl groups is 2. The third-order valence-corrected chi connectivity index (χ3v) is 6.27. The predicted molar refractivity (Wildman–Crippen MR) is 94.4 cm³/mol. The molecule has 7 nitrogen and oxygen atoms in total. The van der Waals surface area contributed by atoms with Crippen molar-refractivity contribution < 1.29 is 29.6 Å². The largest absolute Gasteiger partial charge is 0.494 e. The van der Waals surface area contributed by atoms with Gasteiger partial charge in [0.2, 0.25) is 17.5 Å². The summed E-state index contributed by atoms with van der Waals surface area (Å²) in [6.07, 6.45) is -2.23. The summed E-state index contributed by atoms with van der Waals surface area (Å²) < 4.78 is 21.9. The van der Waals surface area contributed by atoms with Crippen molar-refractivity contribution in [1.29, 1.82) is 5.26 Å². The third kappa shape index (κ3) is 1.70. The molecule has 2 aliphatic heterocycles. The van der Waals surface area contributed by atoms with Gasteiger partial charge in [0.25, 0.3) is 0 Å². The highest BCUT2D eigenvalue weighted by molar-refractivity contribution is 14.1. The number of aromatic hydroxyl groups is 2. The first-order valence-corrected chi connectivity index (χ1v) is 8.75. The molecule has 2 aliphatic rings. The van der Waals surface area contributed by atoms with Crippen molar-refractivity contribution >= 4 is 22.6 Å². The maximum absolute atomic E-state index is 14.7. The van der Waals surface area contributed by atoms with Gasteiger partial charge in [-0.15, -0.1) is 0 Å². The standard InChI is InChI=1S/C17H14FIN2O5/c1-15-10-11(16(2,26-15)17(24,25)14(15)18)13(23)21(12(10)22)8-4-3-7(6-20)9(19)5-8/h3-5,14,22-25H,1-2H3/t14-,15+,16-/m0/s1. The summed E-state index contributed by atoms with van der Waals surface area (Å²) in [5.41, 5.74) is -3.13. The molecule has 1 aromatic heterocycles. The van der Waals surface area contributed by atoms with E-state index in [1.54, 1.807) is 6.07 Å². The molecule has 0 radical (unpaired) electrons. The summed E-state index contributed by atoms with van der Waals surface area (Å²) >= 11 is 1.95. The number of halogens is 2. The molecular weight excluding hydrogens is 458 g/mol. The van der Waals surface area contributed by atoms with Crippen LogP contribution in [0.3, 0.4) is 0 Å². The fourth-order valence-corrected chi connectivity index (χ4v) is 4.66. The van der Waals surface area contributed by atoms with Gasteiger partial charge in [-0.2, -0.15) is 5.26 Å². The van der Waals surface area contributed by atoms with Crippen molar-refractivity contribution in [1.82, 2.24) is 4.57 Å². The zero-order valence-corrected chi connectivity index (χ0v) is 15.8. The second-order valence-electron chi connectivity index (χ2n) is 6.84. The molecule has 2 aromatic rings. The van der Waals surface area contributed by atoms with Crippen molar-refractivity contribution in [2.75, 3.05) is 0 Å². The number of alkyl halides is 1. The Kier molecular flexibility index (Phi) is 3.30. The Hall–Kier alpha value is -1.87. The predicted octanol–water partition coefficient (Wildman–Crippen LogP) is 1.86. The molecule has 9 heteroatoms. The van der Waals surface area contributed by atoms with E-state index < -0.39 is 34.9 Å². The summed E-state index contributed by atoms with van der Waals surface area (Å²) in [5.74, 6) is -3.81. The number of ether oxygens (including phenoxy) is 1. The Morgan fingerprint density at radius 3 is 2.42 bits per heavy atom. The molecule has 0 unspecified atom stereocenters. The molecule has 3 heterocycles. The molecule has 0 amide bonds. The van der Waals surface area contributed by atoms with Gasteiger partial charge in [-0.05, 0) is 54.6 Å². The summed E-state index contributed by atoms with van der Waals surface area (Å²) in [6.45, 7) is 2.55. The lowest BCUT2D eigenvalue weighted by molar-refractivity contribution is -0.258. The number of aromatic nitrogens is 1. The molecule has 2 bridgehead atoms. The lowest BCUT2D eigenvalue weighted by atomic mass is 9.74. The van der Waals surface area contributed by atoms with E-state index in [9.17, 15) is 24.8 Å². The first-order valence-electron chi connectivity index (χ1n) is 7.67. The lowest BCUT2D eigenvalue weighted by Gasteiger charge is -2.35. The van der Waals surface area contributed by atoms with Gasteiger partial charge in [0.05, 0.1) is 22.4 Å².